The number of hydrogen-bond donors (Lipinski definition) is 0. The molecule has 0 unspecified atom stereocenters. The number of ether oxygens (including phenoxy) is 2. The smallest absolute Gasteiger partial charge is 0.444 e. The first-order valence-corrected chi connectivity index (χ1v) is 8.26. The van der Waals surface area contributed by atoms with E-state index in [2.05, 4.69) is 10.1 Å². The van der Waals surface area contributed by atoms with Gasteiger partial charge in [-0.15, -0.1) is 0 Å². The van der Waals surface area contributed by atoms with E-state index in [1.54, 1.807) is 55.9 Å². The highest BCUT2D eigenvalue weighted by Gasteiger charge is 2.16. The van der Waals surface area contributed by atoms with Crippen molar-refractivity contribution < 1.29 is 18.3 Å². The van der Waals surface area contributed by atoms with Gasteiger partial charge in [-0.05, 0) is 48.0 Å². The zero-order valence-electron chi connectivity index (χ0n) is 14.7. The van der Waals surface area contributed by atoms with Gasteiger partial charge in [-0.2, -0.15) is 4.68 Å². The fraction of sp³-hybridized carbons (Fsp3) is 0.0500. The quantitative estimate of drug-likeness (QED) is 0.524. The van der Waals surface area contributed by atoms with Gasteiger partial charge in [0, 0.05) is 18.0 Å². The summed E-state index contributed by atoms with van der Waals surface area (Å²) in [4.78, 5) is 16.1. The average molecular weight is 379 g/mol. The lowest BCUT2D eigenvalue weighted by Crippen LogP contribution is -2.14. The summed E-state index contributed by atoms with van der Waals surface area (Å²) >= 11 is 0. The Bertz CT molecular complexity index is 1150. The van der Waals surface area contributed by atoms with Gasteiger partial charge in [0.05, 0.1) is 7.11 Å². The Morgan fingerprint density at radius 3 is 2.50 bits per heavy atom. The largest absolute Gasteiger partial charge is 0.497 e. The SMILES string of the molecule is COc1ccc(Oc2nn(-c3ccc(-c4cccnc4)cc3F)c(=O)o2)cc1. The fourth-order valence-corrected chi connectivity index (χ4v) is 2.59. The van der Waals surface area contributed by atoms with Crippen LogP contribution in [-0.2, 0) is 0 Å². The van der Waals surface area contributed by atoms with Crippen molar-refractivity contribution in [3.8, 4) is 34.4 Å². The Morgan fingerprint density at radius 2 is 1.82 bits per heavy atom. The van der Waals surface area contributed by atoms with Gasteiger partial charge in [0.15, 0.2) is 0 Å². The third-order valence-electron chi connectivity index (χ3n) is 3.96. The zero-order valence-corrected chi connectivity index (χ0v) is 14.7. The number of hydrogen-bond acceptors (Lipinski definition) is 6. The van der Waals surface area contributed by atoms with Crippen LogP contribution in [0.4, 0.5) is 4.39 Å². The van der Waals surface area contributed by atoms with Crippen LogP contribution in [0.5, 0.6) is 17.6 Å². The molecule has 0 atom stereocenters. The minimum atomic E-state index is -0.864. The van der Waals surface area contributed by atoms with E-state index in [1.165, 1.54) is 12.1 Å². The summed E-state index contributed by atoms with van der Waals surface area (Å²) in [5, 5.41) is 3.91. The van der Waals surface area contributed by atoms with Crippen molar-refractivity contribution in [1.82, 2.24) is 14.8 Å². The molecule has 0 fully saturated rings. The van der Waals surface area contributed by atoms with Crippen LogP contribution in [0, 0.1) is 5.82 Å². The van der Waals surface area contributed by atoms with Crippen molar-refractivity contribution in [2.45, 2.75) is 0 Å². The molecule has 0 bridgehead atoms. The average Bonchev–Trinajstić information content (AvgIpc) is 3.09. The molecule has 0 aliphatic rings. The van der Waals surface area contributed by atoms with Crippen molar-refractivity contribution in [2.24, 2.45) is 0 Å². The van der Waals surface area contributed by atoms with Gasteiger partial charge in [0.2, 0.25) is 0 Å². The first-order chi connectivity index (χ1) is 13.6. The summed E-state index contributed by atoms with van der Waals surface area (Å²) in [6, 6.07) is 14.6. The lowest BCUT2D eigenvalue weighted by atomic mass is 10.1. The second kappa shape index (κ2) is 7.36. The van der Waals surface area contributed by atoms with Gasteiger partial charge in [-0.1, -0.05) is 17.2 Å². The summed E-state index contributed by atoms with van der Waals surface area (Å²) in [5.74, 6) is -0.457. The molecule has 0 amide bonds. The van der Waals surface area contributed by atoms with E-state index >= 15 is 0 Å². The first-order valence-electron chi connectivity index (χ1n) is 8.26. The topological polar surface area (TPSA) is 79.4 Å². The molecule has 4 aromatic rings. The van der Waals surface area contributed by atoms with Gasteiger partial charge >= 0.3 is 11.8 Å². The number of rotatable bonds is 5. The monoisotopic (exact) mass is 379 g/mol. The van der Waals surface area contributed by atoms with Crippen LogP contribution in [-0.4, -0.2) is 21.9 Å². The molecule has 2 aromatic heterocycles. The molecule has 7 nitrogen and oxygen atoms in total. The molecule has 28 heavy (non-hydrogen) atoms. The summed E-state index contributed by atoms with van der Waals surface area (Å²) < 4.78 is 30.8. The maximum Gasteiger partial charge on any atom is 0.444 e. The highest BCUT2D eigenvalue weighted by molar-refractivity contribution is 5.63. The zero-order chi connectivity index (χ0) is 19.5. The van der Waals surface area contributed by atoms with Crippen LogP contribution in [0.3, 0.4) is 0 Å². The van der Waals surface area contributed by atoms with Gasteiger partial charge in [0.25, 0.3) is 0 Å². The van der Waals surface area contributed by atoms with Crippen molar-refractivity contribution >= 4 is 0 Å². The molecule has 0 radical (unpaired) electrons. The Hall–Kier alpha value is -3.94. The van der Waals surface area contributed by atoms with Gasteiger partial charge in [-0.3, -0.25) is 4.98 Å². The molecule has 140 valence electrons. The molecule has 4 rings (SSSR count). The Labute approximate surface area is 158 Å². The van der Waals surface area contributed by atoms with Gasteiger partial charge < -0.3 is 13.9 Å². The number of pyridine rings is 1. The van der Waals surface area contributed by atoms with E-state index < -0.39 is 11.6 Å². The standard InChI is InChI=1S/C20H14FN3O4/c1-26-15-5-7-16(8-6-15)27-19-23-24(20(25)28-19)18-9-4-13(11-17(18)21)14-3-2-10-22-12-14/h2-12H,1H3. The fourth-order valence-electron chi connectivity index (χ4n) is 2.59. The maximum absolute atomic E-state index is 14.6. The Balaban J connectivity index is 1.62. The van der Waals surface area contributed by atoms with E-state index in [0.29, 0.717) is 17.1 Å². The predicted octanol–water partition coefficient (Wildman–Crippen LogP) is 3.83. The third kappa shape index (κ3) is 3.48. The van der Waals surface area contributed by atoms with Crippen molar-refractivity contribution in [1.29, 1.82) is 0 Å². The van der Waals surface area contributed by atoms with Crippen LogP contribution in [0.15, 0.2) is 76.2 Å². The number of benzene rings is 2. The lowest BCUT2D eigenvalue weighted by molar-refractivity contribution is 0.319. The molecular formula is C20H14FN3O4. The van der Waals surface area contributed by atoms with Crippen LogP contribution >= 0.6 is 0 Å². The summed E-state index contributed by atoms with van der Waals surface area (Å²) in [6.07, 6.45) is 2.95. The molecule has 0 saturated heterocycles. The maximum atomic E-state index is 14.6. The summed E-state index contributed by atoms with van der Waals surface area (Å²) in [7, 11) is 1.55. The van der Waals surface area contributed by atoms with Crippen molar-refractivity contribution in [2.75, 3.05) is 7.11 Å². The van der Waals surface area contributed by atoms with E-state index in [-0.39, 0.29) is 11.8 Å². The highest BCUT2D eigenvalue weighted by atomic mass is 19.1. The minimum Gasteiger partial charge on any atom is -0.497 e. The molecule has 2 aromatic carbocycles. The highest BCUT2D eigenvalue weighted by Crippen LogP contribution is 2.24. The molecule has 0 N–H and O–H groups in total. The molecule has 8 heteroatoms. The molecule has 0 saturated carbocycles. The molecule has 0 aliphatic carbocycles. The van der Waals surface area contributed by atoms with E-state index in [1.807, 2.05) is 6.07 Å². The normalized spacial score (nSPS) is 10.6. The number of methoxy groups -OCH3 is 1. The number of halogens is 1. The molecular weight excluding hydrogens is 365 g/mol. The van der Waals surface area contributed by atoms with Gasteiger partial charge in [0.1, 0.15) is 23.0 Å². The Morgan fingerprint density at radius 1 is 1.04 bits per heavy atom. The molecule has 0 spiro atoms. The number of nitrogens with zero attached hydrogens (tertiary/aromatic N) is 3. The predicted molar refractivity (Wildman–Crippen MR) is 98.4 cm³/mol. The van der Waals surface area contributed by atoms with E-state index in [0.717, 1.165) is 10.2 Å². The van der Waals surface area contributed by atoms with Crippen LogP contribution < -0.4 is 15.2 Å². The van der Waals surface area contributed by atoms with Crippen LogP contribution in [0.2, 0.25) is 0 Å². The van der Waals surface area contributed by atoms with E-state index in [4.69, 9.17) is 13.9 Å². The second-order valence-electron chi connectivity index (χ2n) is 5.73. The van der Waals surface area contributed by atoms with E-state index in [9.17, 15) is 9.18 Å². The van der Waals surface area contributed by atoms with Gasteiger partial charge in [-0.25, -0.2) is 9.18 Å². The summed E-state index contributed by atoms with van der Waals surface area (Å²) in [6.45, 7) is 0. The third-order valence-corrected chi connectivity index (χ3v) is 3.96. The number of aromatic nitrogens is 3. The van der Waals surface area contributed by atoms with Crippen molar-refractivity contribution in [3.05, 3.63) is 83.4 Å². The minimum absolute atomic E-state index is 0.0500. The van der Waals surface area contributed by atoms with Crippen LogP contribution in [0.25, 0.3) is 16.8 Å². The molecule has 0 aliphatic heterocycles. The first kappa shape index (κ1) is 17.5. The second-order valence-corrected chi connectivity index (χ2v) is 5.73. The van der Waals surface area contributed by atoms with Crippen LogP contribution in [0.1, 0.15) is 0 Å². The summed E-state index contributed by atoms with van der Waals surface area (Å²) in [5.41, 5.74) is 1.33. The van der Waals surface area contributed by atoms with Crippen molar-refractivity contribution in [3.63, 3.8) is 0 Å². The molecule has 2 heterocycles. The lowest BCUT2D eigenvalue weighted by Gasteiger charge is -2.05. The Kier molecular flexibility index (Phi) is 4.59.